The van der Waals surface area contributed by atoms with Gasteiger partial charge in [-0.3, -0.25) is 13.8 Å². The largest absolute Gasteiger partial charge is 0.472 e. The zero-order valence-corrected chi connectivity index (χ0v) is 39.0. The lowest BCUT2D eigenvalue weighted by Gasteiger charge is -2.25. The summed E-state index contributed by atoms with van der Waals surface area (Å²) < 4.78 is 22.3. The van der Waals surface area contributed by atoms with Crippen LogP contribution < -0.4 is 11.1 Å². The van der Waals surface area contributed by atoms with Gasteiger partial charge in [0.25, 0.3) is 0 Å². The van der Waals surface area contributed by atoms with Crippen LogP contribution in [0.1, 0.15) is 271 Å². The summed E-state index contributed by atoms with van der Waals surface area (Å²) in [5, 5.41) is 13.9. The average molecular weight is 831 g/mol. The summed E-state index contributed by atoms with van der Waals surface area (Å²) in [7, 11) is -4.31. The normalized spacial score (nSPS) is 13.8. The van der Waals surface area contributed by atoms with E-state index in [0.29, 0.717) is 12.8 Å². The smallest absolute Gasteiger partial charge is 0.391 e. The molecule has 0 aliphatic rings. The maximum atomic E-state index is 12.8. The number of hydrogen-bond donors (Lipinski definition) is 4. The van der Waals surface area contributed by atoms with E-state index in [0.717, 1.165) is 38.5 Å². The van der Waals surface area contributed by atoms with Gasteiger partial charge in [-0.1, -0.05) is 251 Å². The first-order valence-corrected chi connectivity index (χ1v) is 26.6. The standard InChI is InChI=1S/C48H99N2O6P/c1-3-5-7-9-11-13-15-17-19-21-23-24-25-27-29-31-33-35-37-39-41-47(51)46(45-56-57(53,54)55-44-43-49)50-48(52)42-40-38-36-34-32-30-28-26-22-20-18-16-14-12-10-8-6-4-2/h46-47,51H,3-45,49H2,1-2H3,(H,50,52)(H,53,54). The molecule has 0 aliphatic carbocycles. The number of amides is 1. The topological polar surface area (TPSA) is 131 Å². The Morgan fingerprint density at radius 1 is 0.509 bits per heavy atom. The van der Waals surface area contributed by atoms with Crippen LogP contribution in [0.25, 0.3) is 0 Å². The quantitative estimate of drug-likeness (QED) is 0.0355. The lowest BCUT2D eigenvalue weighted by Crippen LogP contribution is -2.46. The van der Waals surface area contributed by atoms with Crippen molar-refractivity contribution in [1.82, 2.24) is 5.32 Å². The predicted molar refractivity (Wildman–Crippen MR) is 245 cm³/mol. The minimum Gasteiger partial charge on any atom is -0.391 e. The summed E-state index contributed by atoms with van der Waals surface area (Å²) >= 11 is 0. The number of phosphoric acid groups is 1. The average Bonchev–Trinajstić information content (AvgIpc) is 3.20. The molecule has 342 valence electrons. The van der Waals surface area contributed by atoms with Crippen LogP contribution in [0.5, 0.6) is 0 Å². The Morgan fingerprint density at radius 3 is 1.12 bits per heavy atom. The van der Waals surface area contributed by atoms with Gasteiger partial charge in [-0.2, -0.15) is 0 Å². The second-order valence-electron chi connectivity index (χ2n) is 17.4. The predicted octanol–water partition coefficient (Wildman–Crippen LogP) is 14.6. The van der Waals surface area contributed by atoms with Gasteiger partial charge in [0.1, 0.15) is 0 Å². The van der Waals surface area contributed by atoms with Crippen LogP contribution >= 0.6 is 7.82 Å². The SMILES string of the molecule is CCCCCCCCCCCCCCCCCCCCCCC(O)C(COP(=O)(O)OCCN)NC(=O)CCCCCCCCCCCCCCCCCCCC. The maximum Gasteiger partial charge on any atom is 0.472 e. The van der Waals surface area contributed by atoms with E-state index in [1.165, 1.54) is 205 Å². The van der Waals surface area contributed by atoms with E-state index >= 15 is 0 Å². The Hall–Kier alpha value is -0.500. The molecule has 9 heteroatoms. The molecule has 0 aromatic heterocycles. The molecule has 0 fully saturated rings. The summed E-state index contributed by atoms with van der Waals surface area (Å²) in [5.41, 5.74) is 5.40. The zero-order chi connectivity index (χ0) is 41.8. The minimum atomic E-state index is -4.31. The van der Waals surface area contributed by atoms with Gasteiger partial charge in [0.15, 0.2) is 0 Å². The molecule has 0 radical (unpaired) electrons. The van der Waals surface area contributed by atoms with Crippen LogP contribution in [0.3, 0.4) is 0 Å². The van der Waals surface area contributed by atoms with Crippen LogP contribution in [0.2, 0.25) is 0 Å². The molecule has 8 nitrogen and oxygen atoms in total. The van der Waals surface area contributed by atoms with E-state index < -0.39 is 20.0 Å². The van der Waals surface area contributed by atoms with Crippen LogP contribution in [0.15, 0.2) is 0 Å². The monoisotopic (exact) mass is 831 g/mol. The molecular formula is C48H99N2O6P. The van der Waals surface area contributed by atoms with E-state index in [2.05, 4.69) is 19.2 Å². The van der Waals surface area contributed by atoms with Gasteiger partial charge in [0, 0.05) is 13.0 Å². The third kappa shape index (κ3) is 43.4. The van der Waals surface area contributed by atoms with E-state index in [4.69, 9.17) is 14.8 Å². The molecule has 57 heavy (non-hydrogen) atoms. The molecule has 0 saturated heterocycles. The second-order valence-corrected chi connectivity index (χ2v) is 18.8. The van der Waals surface area contributed by atoms with Crippen LogP contribution in [0.4, 0.5) is 0 Å². The summed E-state index contributed by atoms with van der Waals surface area (Å²) in [4.78, 5) is 22.8. The number of aliphatic hydroxyl groups excluding tert-OH is 1. The summed E-state index contributed by atoms with van der Waals surface area (Å²) in [5.74, 6) is -0.154. The number of aliphatic hydroxyl groups is 1. The third-order valence-corrected chi connectivity index (χ3v) is 12.7. The first kappa shape index (κ1) is 56.5. The van der Waals surface area contributed by atoms with Crippen molar-refractivity contribution in [2.75, 3.05) is 19.8 Å². The van der Waals surface area contributed by atoms with Crippen molar-refractivity contribution < 1.29 is 28.4 Å². The van der Waals surface area contributed by atoms with Crippen molar-refractivity contribution in [3.8, 4) is 0 Å². The molecule has 0 aliphatic heterocycles. The van der Waals surface area contributed by atoms with Crippen LogP contribution in [-0.4, -0.2) is 47.8 Å². The molecule has 3 atom stereocenters. The first-order valence-electron chi connectivity index (χ1n) is 25.2. The van der Waals surface area contributed by atoms with Gasteiger partial charge >= 0.3 is 7.82 Å². The number of nitrogens with one attached hydrogen (secondary N) is 1. The number of rotatable bonds is 48. The van der Waals surface area contributed by atoms with Gasteiger partial charge in [-0.05, 0) is 12.8 Å². The second kappa shape index (κ2) is 45.0. The summed E-state index contributed by atoms with van der Waals surface area (Å²) in [6.07, 6.45) is 49.8. The lowest BCUT2D eigenvalue weighted by atomic mass is 10.0. The fourth-order valence-corrected chi connectivity index (χ4v) is 8.66. The van der Waals surface area contributed by atoms with Crippen molar-refractivity contribution >= 4 is 13.7 Å². The molecule has 0 heterocycles. The molecule has 3 unspecified atom stereocenters. The number of phosphoric ester groups is 1. The molecule has 0 aromatic carbocycles. The van der Waals surface area contributed by atoms with Gasteiger partial charge in [-0.15, -0.1) is 0 Å². The van der Waals surface area contributed by atoms with Gasteiger partial charge in [0.05, 0.1) is 25.4 Å². The van der Waals surface area contributed by atoms with E-state index in [1.54, 1.807) is 0 Å². The molecule has 1 amide bonds. The van der Waals surface area contributed by atoms with Crippen LogP contribution in [0, 0.1) is 0 Å². The van der Waals surface area contributed by atoms with Crippen molar-refractivity contribution in [3.05, 3.63) is 0 Å². The molecule has 0 aromatic rings. The van der Waals surface area contributed by atoms with E-state index in [1.807, 2.05) is 0 Å². The summed E-state index contributed by atoms with van der Waals surface area (Å²) in [6.45, 7) is 4.26. The molecule has 0 rings (SSSR count). The minimum absolute atomic E-state index is 0.0928. The lowest BCUT2D eigenvalue weighted by molar-refractivity contribution is -0.123. The van der Waals surface area contributed by atoms with Gasteiger partial charge in [-0.25, -0.2) is 4.57 Å². The number of unbranched alkanes of at least 4 members (excludes halogenated alkanes) is 36. The fraction of sp³-hybridized carbons (Fsp3) is 0.979. The summed E-state index contributed by atoms with van der Waals surface area (Å²) in [6, 6.07) is -0.768. The Labute approximate surface area is 354 Å². The highest BCUT2D eigenvalue weighted by atomic mass is 31.2. The molecular weight excluding hydrogens is 732 g/mol. The molecule has 0 bridgehead atoms. The highest BCUT2D eigenvalue weighted by molar-refractivity contribution is 7.47. The van der Waals surface area contributed by atoms with Crippen molar-refractivity contribution in [1.29, 1.82) is 0 Å². The van der Waals surface area contributed by atoms with Crippen molar-refractivity contribution in [2.24, 2.45) is 5.73 Å². The van der Waals surface area contributed by atoms with Gasteiger partial charge < -0.3 is 21.1 Å². The van der Waals surface area contributed by atoms with Crippen molar-refractivity contribution in [3.63, 3.8) is 0 Å². The number of carbonyl (C=O) groups is 1. The van der Waals surface area contributed by atoms with E-state index in [9.17, 15) is 19.4 Å². The zero-order valence-electron chi connectivity index (χ0n) is 38.1. The Balaban J connectivity index is 4.02. The number of carbonyl (C=O) groups excluding carboxylic acids is 1. The van der Waals surface area contributed by atoms with E-state index in [-0.39, 0.29) is 25.7 Å². The van der Waals surface area contributed by atoms with Crippen molar-refractivity contribution in [2.45, 2.75) is 283 Å². The maximum absolute atomic E-state index is 12.8. The fourth-order valence-electron chi connectivity index (χ4n) is 7.90. The first-order chi connectivity index (χ1) is 27.9. The van der Waals surface area contributed by atoms with Crippen LogP contribution in [-0.2, 0) is 18.4 Å². The van der Waals surface area contributed by atoms with Gasteiger partial charge in [0.2, 0.25) is 5.91 Å². The molecule has 0 saturated carbocycles. The third-order valence-electron chi connectivity index (χ3n) is 11.7. The Morgan fingerprint density at radius 2 is 0.807 bits per heavy atom. The highest BCUT2D eigenvalue weighted by Crippen LogP contribution is 2.43. The highest BCUT2D eigenvalue weighted by Gasteiger charge is 2.27. The Kier molecular flexibility index (Phi) is 44.6. The number of nitrogens with two attached hydrogens (primary N) is 1. The number of hydrogen-bond acceptors (Lipinski definition) is 6. The molecule has 0 spiro atoms. The Bertz CT molecular complexity index is 865. The molecule has 5 N–H and O–H groups in total.